The second-order valence-electron chi connectivity index (χ2n) is 2.41. The topological polar surface area (TPSA) is 0 Å². The van der Waals surface area contributed by atoms with Gasteiger partial charge in [0.25, 0.3) is 0 Å². The standard InChI is InChI=1S/C8H7S2.Li/c1-5-3-9-8-6(2)4-10-7(5)8;/h3H,1-2H3;/q-1;+1. The second-order valence-corrected chi connectivity index (χ2v) is 4.10. The Morgan fingerprint density at radius 2 is 2.00 bits per heavy atom. The van der Waals surface area contributed by atoms with Crippen LogP contribution in [0.15, 0.2) is 5.38 Å². The smallest absolute Gasteiger partial charge is 0.294 e. The molecule has 0 aliphatic heterocycles. The third-order valence-electron chi connectivity index (χ3n) is 1.56. The summed E-state index contributed by atoms with van der Waals surface area (Å²) in [4.78, 5) is 0. The van der Waals surface area contributed by atoms with Crippen molar-refractivity contribution in [1.82, 2.24) is 0 Å². The largest absolute Gasteiger partial charge is 1.00 e. The molecule has 0 saturated carbocycles. The SMILES string of the molecule is Cc1[c-]sc2c(C)csc12.[Li+]. The van der Waals surface area contributed by atoms with Crippen LogP contribution >= 0.6 is 22.7 Å². The summed E-state index contributed by atoms with van der Waals surface area (Å²) in [7, 11) is 0. The van der Waals surface area contributed by atoms with Gasteiger partial charge in [0.2, 0.25) is 0 Å². The summed E-state index contributed by atoms with van der Waals surface area (Å²) in [6.07, 6.45) is 0. The molecular formula is C8H7LiS2. The minimum atomic E-state index is 0. The zero-order valence-corrected chi connectivity index (χ0v) is 8.53. The van der Waals surface area contributed by atoms with Gasteiger partial charge in [-0.1, -0.05) is 19.4 Å². The van der Waals surface area contributed by atoms with Gasteiger partial charge < -0.3 is 0 Å². The van der Waals surface area contributed by atoms with Crippen LogP contribution in [-0.4, -0.2) is 0 Å². The molecule has 0 fully saturated rings. The van der Waals surface area contributed by atoms with Crippen LogP contribution in [0.1, 0.15) is 11.1 Å². The zero-order valence-electron chi connectivity index (χ0n) is 6.89. The zero-order chi connectivity index (χ0) is 7.14. The van der Waals surface area contributed by atoms with Crippen LogP contribution in [0.4, 0.5) is 0 Å². The number of aryl methyl sites for hydroxylation is 2. The predicted octanol–water partition coefficient (Wildman–Crippen LogP) is 0.384. The van der Waals surface area contributed by atoms with Crippen molar-refractivity contribution in [3.63, 3.8) is 0 Å². The fraction of sp³-hybridized carbons (Fsp3) is 0.250. The van der Waals surface area contributed by atoms with Gasteiger partial charge in [-0.15, -0.1) is 20.3 Å². The Labute approximate surface area is 86.4 Å². The van der Waals surface area contributed by atoms with E-state index in [-0.39, 0.29) is 18.9 Å². The van der Waals surface area contributed by atoms with Crippen LogP contribution < -0.4 is 18.9 Å². The molecule has 0 unspecified atom stereocenters. The maximum atomic E-state index is 3.25. The normalized spacial score (nSPS) is 10.0. The van der Waals surface area contributed by atoms with Crippen LogP contribution in [0, 0.1) is 19.2 Å². The molecule has 2 heterocycles. The van der Waals surface area contributed by atoms with E-state index in [0.717, 1.165) is 0 Å². The maximum absolute atomic E-state index is 3.25. The molecule has 0 aliphatic carbocycles. The van der Waals surface area contributed by atoms with E-state index in [4.69, 9.17) is 0 Å². The average molecular weight is 174 g/mol. The Bertz CT molecular complexity index is 323. The van der Waals surface area contributed by atoms with Crippen molar-refractivity contribution in [3.05, 3.63) is 21.9 Å². The van der Waals surface area contributed by atoms with Gasteiger partial charge in [0, 0.05) is 0 Å². The fourth-order valence-electron chi connectivity index (χ4n) is 0.993. The molecule has 0 nitrogen and oxygen atoms in total. The van der Waals surface area contributed by atoms with Crippen molar-refractivity contribution in [2.75, 3.05) is 0 Å². The van der Waals surface area contributed by atoms with Gasteiger partial charge in [-0.25, -0.2) is 11.3 Å². The Morgan fingerprint density at radius 1 is 1.27 bits per heavy atom. The molecule has 2 aromatic rings. The molecule has 0 atom stereocenters. The van der Waals surface area contributed by atoms with Gasteiger partial charge in [-0.05, 0) is 5.38 Å². The molecule has 0 amide bonds. The average Bonchev–Trinajstić information content (AvgIpc) is 2.41. The first kappa shape index (κ1) is 9.35. The molecule has 0 saturated heterocycles. The number of hydrogen-bond acceptors (Lipinski definition) is 2. The van der Waals surface area contributed by atoms with Gasteiger partial charge >= 0.3 is 18.9 Å². The summed E-state index contributed by atoms with van der Waals surface area (Å²) in [5.41, 5.74) is 2.70. The summed E-state index contributed by atoms with van der Waals surface area (Å²) in [6, 6.07) is 0. The molecular weight excluding hydrogens is 167 g/mol. The number of hydrogen-bond donors (Lipinski definition) is 0. The molecule has 2 rings (SSSR count). The summed E-state index contributed by atoms with van der Waals surface area (Å²) in [5.74, 6) is 0. The van der Waals surface area contributed by atoms with E-state index in [1.165, 1.54) is 20.5 Å². The first-order valence-corrected chi connectivity index (χ1v) is 4.83. The van der Waals surface area contributed by atoms with Crippen molar-refractivity contribution in [3.8, 4) is 0 Å². The molecule has 11 heavy (non-hydrogen) atoms. The molecule has 0 aliphatic rings. The fourth-order valence-corrected chi connectivity index (χ4v) is 3.13. The Hall–Kier alpha value is 0.257. The number of rotatable bonds is 0. The van der Waals surface area contributed by atoms with Crippen LogP contribution in [0.5, 0.6) is 0 Å². The molecule has 0 bridgehead atoms. The van der Waals surface area contributed by atoms with E-state index in [1.807, 2.05) is 11.3 Å². The van der Waals surface area contributed by atoms with Crippen LogP contribution in [0.3, 0.4) is 0 Å². The predicted molar refractivity (Wildman–Crippen MR) is 48.0 cm³/mol. The Morgan fingerprint density at radius 3 is 2.64 bits per heavy atom. The van der Waals surface area contributed by atoms with E-state index >= 15 is 0 Å². The summed E-state index contributed by atoms with van der Waals surface area (Å²) < 4.78 is 2.84. The second kappa shape index (κ2) is 3.33. The van der Waals surface area contributed by atoms with E-state index in [0.29, 0.717) is 0 Å². The number of fused-ring (bicyclic) bond motifs is 1. The minimum Gasteiger partial charge on any atom is -0.294 e. The molecule has 0 radical (unpaired) electrons. The molecule has 0 spiro atoms. The van der Waals surface area contributed by atoms with Crippen LogP contribution in [0.2, 0.25) is 0 Å². The minimum absolute atomic E-state index is 0. The quantitative estimate of drug-likeness (QED) is 0.400. The summed E-state index contributed by atoms with van der Waals surface area (Å²) in [5, 5.41) is 5.46. The van der Waals surface area contributed by atoms with Gasteiger partial charge in [-0.2, -0.15) is 0 Å². The summed E-state index contributed by atoms with van der Waals surface area (Å²) in [6.45, 7) is 4.28. The molecule has 2 aromatic heterocycles. The van der Waals surface area contributed by atoms with Gasteiger partial charge in [0.1, 0.15) is 0 Å². The Kier molecular flexibility index (Phi) is 2.83. The van der Waals surface area contributed by atoms with E-state index in [1.54, 1.807) is 11.3 Å². The molecule has 0 aromatic carbocycles. The van der Waals surface area contributed by atoms with E-state index in [2.05, 4.69) is 24.6 Å². The monoisotopic (exact) mass is 174 g/mol. The van der Waals surface area contributed by atoms with Crippen LogP contribution in [-0.2, 0) is 0 Å². The van der Waals surface area contributed by atoms with Gasteiger partial charge in [0.15, 0.2) is 0 Å². The maximum Gasteiger partial charge on any atom is 1.00 e. The van der Waals surface area contributed by atoms with Crippen molar-refractivity contribution in [1.29, 1.82) is 0 Å². The van der Waals surface area contributed by atoms with Gasteiger partial charge in [0.05, 0.1) is 0 Å². The third-order valence-corrected chi connectivity index (χ3v) is 4.05. The summed E-state index contributed by atoms with van der Waals surface area (Å²) >= 11 is 3.56. The molecule has 52 valence electrons. The first-order chi connectivity index (χ1) is 4.79. The van der Waals surface area contributed by atoms with Crippen LogP contribution in [0.25, 0.3) is 9.40 Å². The van der Waals surface area contributed by atoms with E-state index in [9.17, 15) is 0 Å². The van der Waals surface area contributed by atoms with Crippen molar-refractivity contribution < 1.29 is 18.9 Å². The van der Waals surface area contributed by atoms with E-state index < -0.39 is 0 Å². The third kappa shape index (κ3) is 1.41. The number of thiophene rings is 2. The van der Waals surface area contributed by atoms with Crippen molar-refractivity contribution in [2.24, 2.45) is 0 Å². The van der Waals surface area contributed by atoms with Crippen molar-refractivity contribution in [2.45, 2.75) is 13.8 Å². The molecule has 3 heteroatoms. The van der Waals surface area contributed by atoms with Crippen molar-refractivity contribution >= 4 is 32.1 Å². The molecule has 0 N–H and O–H groups in total. The first-order valence-electron chi connectivity index (χ1n) is 3.14. The van der Waals surface area contributed by atoms with Gasteiger partial charge in [-0.3, -0.25) is 11.3 Å². The Balaban J connectivity index is 0.000000605.